The number of anilines is 5. The number of nitrogens with zero attached hydrogens (tertiary/aromatic N) is 2. The lowest BCUT2D eigenvalue weighted by Gasteiger charge is -2.49. The second kappa shape index (κ2) is 15.5. The molecular formula is C72H87BN2S. The molecular weight excluding hydrogens is 936 g/mol. The molecule has 3 heterocycles. The van der Waals surface area contributed by atoms with Crippen LogP contribution in [0.5, 0.6) is 0 Å². The molecule has 0 spiro atoms. The van der Waals surface area contributed by atoms with E-state index in [-0.39, 0.29) is 55.6 Å². The average molecular weight is 1020 g/mol. The lowest BCUT2D eigenvalue weighted by atomic mass is 9.42. The minimum absolute atomic E-state index is 0.0374. The van der Waals surface area contributed by atoms with Gasteiger partial charge in [0.05, 0.1) is 0 Å². The molecule has 0 N–H and O–H groups in total. The number of hydrogen-bond donors (Lipinski definition) is 0. The molecule has 0 radical (unpaired) electrons. The summed E-state index contributed by atoms with van der Waals surface area (Å²) in [6, 6.07) is 36.5. The number of thiophene rings is 1. The van der Waals surface area contributed by atoms with Crippen LogP contribution in [0, 0.1) is 0 Å². The SMILES string of the molecule is CC(C)(C)c1cc2c3c(c1)N(c1ccc4c(c1)C(C)(C)CCC4(C)C)c1cc4c(cc1B3N(c1ccc3c(c1)C(C)(C)CCC3(C)C)c1ccc3c(sc5cc6c(cc53)C(C)(C)CCC6(C)C)c1-2)C(C)(C)CCC4(C)C. The van der Waals surface area contributed by atoms with E-state index in [1.165, 1.54) is 161 Å². The van der Waals surface area contributed by atoms with E-state index >= 15 is 0 Å². The molecule has 0 saturated carbocycles. The summed E-state index contributed by atoms with van der Waals surface area (Å²) in [5, 5.41) is 2.82. The van der Waals surface area contributed by atoms with Gasteiger partial charge in [0.15, 0.2) is 0 Å². The van der Waals surface area contributed by atoms with E-state index in [0.29, 0.717) is 0 Å². The molecule has 7 aromatic rings. The van der Waals surface area contributed by atoms with Gasteiger partial charge in [-0.1, -0.05) is 162 Å². The van der Waals surface area contributed by atoms with Crippen molar-refractivity contribution in [1.82, 2.24) is 0 Å². The molecule has 0 fully saturated rings. The van der Waals surface area contributed by atoms with Crippen LogP contribution >= 0.6 is 11.3 Å². The third kappa shape index (κ3) is 7.15. The van der Waals surface area contributed by atoms with Gasteiger partial charge in [0, 0.05) is 54.2 Å². The molecule has 0 atom stereocenters. The van der Waals surface area contributed by atoms with Crippen LogP contribution in [0.2, 0.25) is 0 Å². The predicted octanol–water partition coefficient (Wildman–Crippen LogP) is 19.5. The van der Waals surface area contributed by atoms with Gasteiger partial charge in [-0.2, -0.15) is 0 Å². The average Bonchev–Trinajstić information content (AvgIpc) is 3.86. The Kier molecular flexibility index (Phi) is 10.3. The Morgan fingerprint density at radius 1 is 0.408 bits per heavy atom. The van der Waals surface area contributed by atoms with Gasteiger partial charge >= 0.3 is 6.85 Å². The maximum absolute atomic E-state index is 2.86. The molecule has 4 heteroatoms. The lowest BCUT2D eigenvalue weighted by Crippen LogP contribution is -2.62. The van der Waals surface area contributed by atoms with Crippen molar-refractivity contribution in [3.05, 3.63) is 135 Å². The number of rotatable bonds is 2. The van der Waals surface area contributed by atoms with E-state index in [2.05, 4.69) is 238 Å². The van der Waals surface area contributed by atoms with Crippen LogP contribution in [0.4, 0.5) is 28.4 Å². The number of fused-ring (bicyclic) bond motifs is 12. The van der Waals surface area contributed by atoms with Gasteiger partial charge in [-0.25, -0.2) is 0 Å². The van der Waals surface area contributed by atoms with E-state index in [1.54, 1.807) is 11.1 Å². The highest BCUT2D eigenvalue weighted by molar-refractivity contribution is 7.26. The molecule has 0 amide bonds. The van der Waals surface area contributed by atoms with Crippen LogP contribution in [0.3, 0.4) is 0 Å². The highest BCUT2D eigenvalue weighted by Crippen LogP contribution is 2.58. The highest BCUT2D eigenvalue weighted by atomic mass is 32.1. The first-order valence-corrected chi connectivity index (χ1v) is 30.4. The fraction of sp³-hybridized carbons (Fsp3) is 0.500. The third-order valence-electron chi connectivity index (χ3n) is 21.7. The maximum Gasteiger partial charge on any atom is 0.333 e. The molecule has 13 rings (SSSR count). The first-order chi connectivity index (χ1) is 35.2. The summed E-state index contributed by atoms with van der Waals surface area (Å²) in [6.07, 6.45) is 9.55. The van der Waals surface area contributed by atoms with Gasteiger partial charge in [0.25, 0.3) is 0 Å². The van der Waals surface area contributed by atoms with Gasteiger partial charge < -0.3 is 9.71 Å². The highest BCUT2D eigenvalue weighted by Gasteiger charge is 2.50. The Morgan fingerprint density at radius 3 is 1.38 bits per heavy atom. The van der Waals surface area contributed by atoms with Crippen molar-refractivity contribution >= 4 is 77.7 Å². The normalized spacial score (nSPS) is 22.2. The van der Waals surface area contributed by atoms with Crippen LogP contribution in [0.15, 0.2) is 84.9 Å². The minimum Gasteiger partial charge on any atom is -0.376 e. The second-order valence-corrected chi connectivity index (χ2v) is 32.7. The zero-order valence-electron chi connectivity index (χ0n) is 50.1. The topological polar surface area (TPSA) is 6.48 Å². The van der Waals surface area contributed by atoms with Crippen LogP contribution in [-0.2, 0) is 48.7 Å². The summed E-state index contributed by atoms with van der Waals surface area (Å²) >= 11 is 2.05. The maximum atomic E-state index is 2.86. The molecule has 76 heavy (non-hydrogen) atoms. The van der Waals surface area contributed by atoms with Gasteiger partial charge in [0.1, 0.15) is 0 Å². The van der Waals surface area contributed by atoms with Crippen LogP contribution in [-0.4, -0.2) is 6.85 Å². The first kappa shape index (κ1) is 50.7. The Hall–Kier alpha value is -4.80. The van der Waals surface area contributed by atoms with Crippen molar-refractivity contribution < 1.29 is 0 Å². The fourth-order valence-electron chi connectivity index (χ4n) is 15.8. The largest absolute Gasteiger partial charge is 0.376 e. The van der Waals surface area contributed by atoms with Crippen molar-refractivity contribution in [3.8, 4) is 11.1 Å². The number of benzene rings is 6. The summed E-state index contributed by atoms with van der Waals surface area (Å²) in [5.74, 6) is 0. The van der Waals surface area contributed by atoms with Gasteiger partial charge in [-0.05, 0) is 221 Å². The molecule has 394 valence electrons. The Morgan fingerprint density at radius 2 is 0.855 bits per heavy atom. The standard InChI is InChI=1S/C72H87BN2S/c1-64(2,3)42-34-47-61-57(25-22-45-46-38-52-55(41-60(46)76-63(45)61)72(18,19)33-30-69(52,12)13)75(44-21-24-49-51(37-44)68(10,11)29-27-66(49,6)7)73-56-39-53-54(71(16,17)32-31-70(53,14)15)40-58(56)74(59(35-42)62(47)73)43-20-23-48-50(36-43)67(8,9)28-26-65(48,4)5/h20-25,34-41H,26-33H2,1-19H3. The first-order valence-electron chi connectivity index (χ1n) is 29.5. The monoisotopic (exact) mass is 1020 g/mol. The molecule has 0 unspecified atom stereocenters. The van der Waals surface area contributed by atoms with Gasteiger partial charge in [-0.3, -0.25) is 0 Å². The Balaban J connectivity index is 1.19. The van der Waals surface area contributed by atoms with E-state index in [1.807, 2.05) is 0 Å². The molecule has 2 aliphatic heterocycles. The van der Waals surface area contributed by atoms with Gasteiger partial charge in [-0.15, -0.1) is 11.3 Å². The second-order valence-electron chi connectivity index (χ2n) is 31.6. The molecule has 0 saturated heterocycles. The lowest BCUT2D eigenvalue weighted by molar-refractivity contribution is 0.332. The van der Waals surface area contributed by atoms with Crippen LogP contribution < -0.4 is 20.6 Å². The molecule has 4 aliphatic carbocycles. The minimum atomic E-state index is -0.102. The van der Waals surface area contributed by atoms with Crippen LogP contribution in [0.25, 0.3) is 31.3 Å². The van der Waals surface area contributed by atoms with Crippen molar-refractivity contribution in [3.63, 3.8) is 0 Å². The van der Waals surface area contributed by atoms with Crippen LogP contribution in [0.1, 0.15) is 233 Å². The van der Waals surface area contributed by atoms with E-state index in [9.17, 15) is 0 Å². The summed E-state index contributed by atoms with van der Waals surface area (Å²) < 4.78 is 2.84. The summed E-state index contributed by atoms with van der Waals surface area (Å²) in [7, 11) is 0. The molecule has 6 aromatic carbocycles. The molecule has 2 nitrogen and oxygen atoms in total. The Labute approximate surface area is 462 Å². The molecule has 6 aliphatic rings. The van der Waals surface area contributed by atoms with E-state index in [4.69, 9.17) is 0 Å². The van der Waals surface area contributed by atoms with Crippen molar-refractivity contribution in [2.45, 2.75) is 232 Å². The summed E-state index contributed by atoms with van der Waals surface area (Å²) in [5.41, 5.74) is 26.5. The predicted molar refractivity (Wildman–Crippen MR) is 333 cm³/mol. The quantitative estimate of drug-likeness (QED) is 0.159. The third-order valence-corrected chi connectivity index (χ3v) is 22.8. The molecule has 1 aromatic heterocycles. The van der Waals surface area contributed by atoms with Gasteiger partial charge in [0.2, 0.25) is 0 Å². The molecule has 0 bridgehead atoms. The van der Waals surface area contributed by atoms with E-state index < -0.39 is 0 Å². The summed E-state index contributed by atoms with van der Waals surface area (Å²) in [6.45, 7) is 47.2. The summed E-state index contributed by atoms with van der Waals surface area (Å²) in [4.78, 5) is 5.64. The fourth-order valence-corrected chi connectivity index (χ4v) is 17.1. The van der Waals surface area contributed by atoms with Crippen molar-refractivity contribution in [1.29, 1.82) is 0 Å². The Bertz CT molecular complexity index is 3670. The van der Waals surface area contributed by atoms with Crippen molar-refractivity contribution in [2.75, 3.05) is 9.71 Å². The smallest absolute Gasteiger partial charge is 0.333 e. The zero-order chi connectivity index (χ0) is 54.2. The van der Waals surface area contributed by atoms with Crippen molar-refractivity contribution in [2.24, 2.45) is 0 Å². The van der Waals surface area contributed by atoms with E-state index in [0.717, 1.165) is 0 Å². The number of hydrogen-bond acceptors (Lipinski definition) is 3. The zero-order valence-corrected chi connectivity index (χ0v) is 50.9.